The van der Waals surface area contributed by atoms with E-state index in [-0.39, 0.29) is 0 Å². The molecule has 1 nitrogen and oxygen atoms in total. The zero-order valence-corrected chi connectivity index (χ0v) is 14.0. The molecule has 0 aliphatic carbocycles. The van der Waals surface area contributed by atoms with Crippen LogP contribution in [0.4, 0.5) is 0 Å². The van der Waals surface area contributed by atoms with E-state index in [1.54, 1.807) is 0 Å². The predicted molar refractivity (Wildman–Crippen MR) is 95.0 cm³/mol. The molecule has 0 atom stereocenters. The SMILES string of the molecule is C/C=C/C=C(\C=C\CCC)OC(/C=C/CCC)=C/C=C/C. The summed E-state index contributed by atoms with van der Waals surface area (Å²) in [5.74, 6) is 1.72. The van der Waals surface area contributed by atoms with Gasteiger partial charge in [0.1, 0.15) is 11.5 Å². The van der Waals surface area contributed by atoms with Gasteiger partial charge in [-0.2, -0.15) is 0 Å². The van der Waals surface area contributed by atoms with Gasteiger partial charge in [-0.3, -0.25) is 0 Å². The number of hydrogen-bond donors (Lipinski definition) is 0. The molecule has 0 aromatic rings. The van der Waals surface area contributed by atoms with Gasteiger partial charge in [0.05, 0.1) is 0 Å². The summed E-state index contributed by atoms with van der Waals surface area (Å²) in [5, 5.41) is 0. The average Bonchev–Trinajstić information content (AvgIpc) is 2.50. The molecule has 0 rings (SSSR count). The quantitative estimate of drug-likeness (QED) is 0.323. The maximum Gasteiger partial charge on any atom is 0.127 e. The van der Waals surface area contributed by atoms with Crippen LogP contribution in [0, 0.1) is 0 Å². The Morgan fingerprint density at radius 2 is 1.19 bits per heavy atom. The molecule has 0 unspecified atom stereocenters. The van der Waals surface area contributed by atoms with Crippen molar-refractivity contribution in [1.82, 2.24) is 0 Å². The Morgan fingerprint density at radius 3 is 1.52 bits per heavy atom. The van der Waals surface area contributed by atoms with Gasteiger partial charge in [0.15, 0.2) is 0 Å². The van der Waals surface area contributed by atoms with E-state index < -0.39 is 0 Å². The van der Waals surface area contributed by atoms with Gasteiger partial charge in [0.25, 0.3) is 0 Å². The molecule has 0 aromatic heterocycles. The Kier molecular flexibility index (Phi) is 13.4. The minimum Gasteiger partial charge on any atom is -0.457 e. The summed E-state index contributed by atoms with van der Waals surface area (Å²) in [5.41, 5.74) is 0. The lowest BCUT2D eigenvalue weighted by atomic mass is 10.2. The van der Waals surface area contributed by atoms with Crippen molar-refractivity contribution in [3.8, 4) is 0 Å². The molecule has 0 heterocycles. The average molecular weight is 286 g/mol. The summed E-state index contributed by atoms with van der Waals surface area (Å²) in [6, 6.07) is 0. The van der Waals surface area contributed by atoms with E-state index in [4.69, 9.17) is 4.74 Å². The molecule has 0 aliphatic rings. The van der Waals surface area contributed by atoms with Crippen molar-refractivity contribution < 1.29 is 4.74 Å². The third-order valence-corrected chi connectivity index (χ3v) is 2.62. The van der Waals surface area contributed by atoms with Gasteiger partial charge in [-0.25, -0.2) is 0 Å². The van der Waals surface area contributed by atoms with Crippen molar-refractivity contribution in [2.45, 2.75) is 53.4 Å². The van der Waals surface area contributed by atoms with E-state index in [0.29, 0.717) is 0 Å². The van der Waals surface area contributed by atoms with Gasteiger partial charge < -0.3 is 4.74 Å². The van der Waals surface area contributed by atoms with Crippen molar-refractivity contribution in [1.29, 1.82) is 0 Å². The zero-order valence-electron chi connectivity index (χ0n) is 14.0. The highest BCUT2D eigenvalue weighted by Crippen LogP contribution is 2.12. The van der Waals surface area contributed by atoms with Gasteiger partial charge in [-0.1, -0.05) is 63.1 Å². The van der Waals surface area contributed by atoms with E-state index >= 15 is 0 Å². The fourth-order valence-electron chi connectivity index (χ4n) is 1.50. The minimum atomic E-state index is 0.860. The maximum absolute atomic E-state index is 5.99. The first-order chi connectivity index (χ1) is 10.3. The smallest absolute Gasteiger partial charge is 0.127 e. The molecule has 0 radical (unpaired) electrons. The first-order valence-electron chi connectivity index (χ1n) is 7.95. The maximum atomic E-state index is 5.99. The van der Waals surface area contributed by atoms with E-state index in [0.717, 1.165) is 37.2 Å². The van der Waals surface area contributed by atoms with Crippen LogP contribution in [0.2, 0.25) is 0 Å². The normalized spacial score (nSPS) is 14.3. The second-order valence-electron chi connectivity index (χ2n) is 4.67. The number of unbranched alkanes of at least 4 members (excludes halogenated alkanes) is 2. The molecule has 0 amide bonds. The molecule has 0 saturated carbocycles. The third kappa shape index (κ3) is 11.7. The van der Waals surface area contributed by atoms with Crippen molar-refractivity contribution in [2.24, 2.45) is 0 Å². The van der Waals surface area contributed by atoms with Crippen LogP contribution in [0.25, 0.3) is 0 Å². The lowest BCUT2D eigenvalue weighted by molar-refractivity contribution is 0.336. The first kappa shape index (κ1) is 19.2. The van der Waals surface area contributed by atoms with Crippen LogP contribution in [-0.2, 0) is 4.74 Å². The summed E-state index contributed by atoms with van der Waals surface area (Å²) in [6.07, 6.45) is 24.8. The molecule has 0 aliphatic heterocycles. The monoisotopic (exact) mass is 286 g/mol. The van der Waals surface area contributed by atoms with Crippen LogP contribution < -0.4 is 0 Å². The van der Waals surface area contributed by atoms with E-state index in [1.807, 2.05) is 62.5 Å². The molecular formula is C20H30O. The molecule has 0 bridgehead atoms. The van der Waals surface area contributed by atoms with Gasteiger partial charge in [-0.15, -0.1) is 0 Å². The first-order valence-corrected chi connectivity index (χ1v) is 7.95. The van der Waals surface area contributed by atoms with Crippen LogP contribution in [0.1, 0.15) is 53.4 Å². The molecule has 0 N–H and O–H groups in total. The van der Waals surface area contributed by atoms with Crippen molar-refractivity contribution >= 4 is 0 Å². The second-order valence-corrected chi connectivity index (χ2v) is 4.67. The highest BCUT2D eigenvalue weighted by Gasteiger charge is 1.96. The van der Waals surface area contributed by atoms with Gasteiger partial charge in [0.2, 0.25) is 0 Å². The van der Waals surface area contributed by atoms with Crippen molar-refractivity contribution in [2.75, 3.05) is 0 Å². The summed E-state index contributed by atoms with van der Waals surface area (Å²) < 4.78 is 5.99. The molecule has 0 spiro atoms. The summed E-state index contributed by atoms with van der Waals surface area (Å²) in [7, 11) is 0. The van der Waals surface area contributed by atoms with Gasteiger partial charge >= 0.3 is 0 Å². The molecule has 0 fully saturated rings. The molecule has 116 valence electrons. The van der Waals surface area contributed by atoms with Crippen molar-refractivity contribution in [3.05, 3.63) is 72.3 Å². The fourth-order valence-corrected chi connectivity index (χ4v) is 1.50. The lowest BCUT2D eigenvalue weighted by Crippen LogP contribution is -1.89. The molecule has 0 saturated heterocycles. The van der Waals surface area contributed by atoms with Gasteiger partial charge in [0, 0.05) is 0 Å². The van der Waals surface area contributed by atoms with E-state index in [9.17, 15) is 0 Å². The number of rotatable bonds is 10. The van der Waals surface area contributed by atoms with Gasteiger partial charge in [-0.05, 0) is 51.0 Å². The second kappa shape index (κ2) is 14.6. The number of allylic oxidation sites excluding steroid dienone is 10. The Morgan fingerprint density at radius 1 is 0.762 bits per heavy atom. The Labute approximate surface area is 131 Å². The Bertz CT molecular complexity index is 377. The summed E-state index contributed by atoms with van der Waals surface area (Å²) >= 11 is 0. The highest BCUT2D eigenvalue weighted by atomic mass is 16.5. The van der Waals surface area contributed by atoms with E-state index in [2.05, 4.69) is 26.0 Å². The Hall–Kier alpha value is -1.76. The highest BCUT2D eigenvalue weighted by molar-refractivity contribution is 5.25. The molecule has 0 aromatic carbocycles. The van der Waals surface area contributed by atoms with Crippen LogP contribution >= 0.6 is 0 Å². The van der Waals surface area contributed by atoms with Crippen LogP contribution in [-0.4, -0.2) is 0 Å². The van der Waals surface area contributed by atoms with Crippen LogP contribution in [0.5, 0.6) is 0 Å². The Balaban J connectivity index is 5.01. The molecule has 21 heavy (non-hydrogen) atoms. The third-order valence-electron chi connectivity index (χ3n) is 2.62. The summed E-state index contributed by atoms with van der Waals surface area (Å²) in [6.45, 7) is 8.35. The van der Waals surface area contributed by atoms with Crippen LogP contribution in [0.3, 0.4) is 0 Å². The predicted octanol–water partition coefficient (Wildman–Crippen LogP) is 6.64. The fraction of sp³-hybridized carbons (Fsp3) is 0.400. The largest absolute Gasteiger partial charge is 0.457 e. The minimum absolute atomic E-state index is 0.860. The van der Waals surface area contributed by atoms with Crippen molar-refractivity contribution in [3.63, 3.8) is 0 Å². The zero-order chi connectivity index (χ0) is 15.8. The lowest BCUT2D eigenvalue weighted by Gasteiger charge is -2.07. The van der Waals surface area contributed by atoms with E-state index in [1.165, 1.54) is 0 Å². The molecule has 1 heteroatoms. The molecular weight excluding hydrogens is 256 g/mol. The standard InChI is InChI=1S/C20H30O/c1-5-9-13-17-19(15-11-7-3)21-20(16-12-8-4)18-14-10-6-2/h7-8,11-18H,5-6,9-10H2,1-4H3/b11-7+,12-8+,17-13+,18-14+,19-15+,20-16+. The number of hydrogen-bond acceptors (Lipinski definition) is 1. The summed E-state index contributed by atoms with van der Waals surface area (Å²) in [4.78, 5) is 0. The van der Waals surface area contributed by atoms with Crippen LogP contribution in [0.15, 0.2) is 72.3 Å². The topological polar surface area (TPSA) is 9.23 Å². The number of ether oxygens (including phenoxy) is 1.